The fraction of sp³-hybridized carbons (Fsp3) is 0.222. The molecule has 0 amide bonds. The van der Waals surface area contributed by atoms with E-state index in [9.17, 15) is 0 Å². The van der Waals surface area contributed by atoms with Crippen molar-refractivity contribution < 1.29 is 0 Å². The third-order valence-electron chi connectivity index (χ3n) is 5.36. The molecule has 0 spiro atoms. The third-order valence-corrected chi connectivity index (χ3v) is 5.36. The second-order valence-corrected chi connectivity index (χ2v) is 8.36. The minimum absolute atomic E-state index is 0.705. The molecule has 0 atom stereocenters. The van der Waals surface area contributed by atoms with Crippen molar-refractivity contribution in [2.24, 2.45) is 0 Å². The summed E-state index contributed by atoms with van der Waals surface area (Å²) in [6.07, 6.45) is 0. The average molecular weight is 394 g/mol. The first-order valence-electron chi connectivity index (χ1n) is 10.3. The van der Waals surface area contributed by atoms with Crippen molar-refractivity contribution in [1.29, 1.82) is 0 Å². The van der Waals surface area contributed by atoms with Gasteiger partial charge in [-0.25, -0.2) is 15.0 Å². The molecule has 4 rings (SSSR count). The van der Waals surface area contributed by atoms with Crippen LogP contribution in [0.15, 0.2) is 54.6 Å². The quantitative estimate of drug-likeness (QED) is 0.388. The molecule has 3 aromatic carbocycles. The van der Waals surface area contributed by atoms with E-state index >= 15 is 0 Å². The predicted molar refractivity (Wildman–Crippen MR) is 125 cm³/mol. The van der Waals surface area contributed by atoms with Gasteiger partial charge in [-0.1, -0.05) is 46.5 Å². The Hall–Kier alpha value is -3.33. The summed E-state index contributed by atoms with van der Waals surface area (Å²) in [6, 6.07) is 19.3. The van der Waals surface area contributed by atoms with Crippen LogP contribution in [0.4, 0.5) is 0 Å². The molecule has 30 heavy (non-hydrogen) atoms. The maximum atomic E-state index is 4.88. The first-order valence-corrected chi connectivity index (χ1v) is 10.3. The molecule has 3 heteroatoms. The first kappa shape index (κ1) is 20.0. The fourth-order valence-electron chi connectivity index (χ4n) is 3.85. The van der Waals surface area contributed by atoms with Crippen molar-refractivity contribution >= 4 is 0 Å². The lowest BCUT2D eigenvalue weighted by Gasteiger charge is -2.11. The van der Waals surface area contributed by atoms with Gasteiger partial charge in [0.2, 0.25) is 0 Å². The van der Waals surface area contributed by atoms with E-state index in [1.807, 2.05) is 0 Å². The highest BCUT2D eigenvalue weighted by atomic mass is 15.0. The van der Waals surface area contributed by atoms with Gasteiger partial charge in [-0.15, -0.1) is 0 Å². The van der Waals surface area contributed by atoms with E-state index in [-0.39, 0.29) is 0 Å². The van der Waals surface area contributed by atoms with Crippen molar-refractivity contribution in [3.63, 3.8) is 0 Å². The maximum Gasteiger partial charge on any atom is 0.164 e. The Balaban J connectivity index is 1.96. The van der Waals surface area contributed by atoms with Gasteiger partial charge < -0.3 is 0 Å². The largest absolute Gasteiger partial charge is 0.208 e. The lowest BCUT2D eigenvalue weighted by molar-refractivity contribution is 1.07. The van der Waals surface area contributed by atoms with Crippen molar-refractivity contribution in [3.8, 4) is 34.2 Å². The average Bonchev–Trinajstić information content (AvgIpc) is 2.68. The van der Waals surface area contributed by atoms with Crippen molar-refractivity contribution in [1.82, 2.24) is 15.0 Å². The van der Waals surface area contributed by atoms with Crippen LogP contribution in [-0.2, 0) is 0 Å². The van der Waals surface area contributed by atoms with Crippen LogP contribution in [0, 0.1) is 41.5 Å². The van der Waals surface area contributed by atoms with Crippen LogP contribution in [0.1, 0.15) is 33.4 Å². The Labute approximate surface area is 178 Å². The second kappa shape index (κ2) is 7.83. The smallest absolute Gasteiger partial charge is 0.164 e. The van der Waals surface area contributed by atoms with Gasteiger partial charge in [0.1, 0.15) is 0 Å². The van der Waals surface area contributed by atoms with E-state index in [4.69, 9.17) is 15.0 Å². The highest BCUT2D eigenvalue weighted by Gasteiger charge is 2.14. The van der Waals surface area contributed by atoms with Gasteiger partial charge in [0.25, 0.3) is 0 Å². The standard InChI is InChI=1S/C27H27N3/c1-16-9-17(2)12-23(11-16)26-28-25(22-8-7-20(5)21(6)15-22)29-27(30-26)24-13-18(3)10-19(4)14-24/h7-15H,1-6H3. The summed E-state index contributed by atoms with van der Waals surface area (Å²) < 4.78 is 0. The Morgan fingerprint density at radius 3 is 1.20 bits per heavy atom. The molecule has 1 heterocycles. The Morgan fingerprint density at radius 1 is 0.400 bits per heavy atom. The van der Waals surface area contributed by atoms with Gasteiger partial charge >= 0.3 is 0 Å². The van der Waals surface area contributed by atoms with E-state index in [1.165, 1.54) is 33.4 Å². The van der Waals surface area contributed by atoms with Crippen LogP contribution in [-0.4, -0.2) is 15.0 Å². The van der Waals surface area contributed by atoms with Gasteiger partial charge in [0.05, 0.1) is 0 Å². The molecule has 0 aliphatic carbocycles. The fourth-order valence-corrected chi connectivity index (χ4v) is 3.85. The summed E-state index contributed by atoms with van der Waals surface area (Å²) in [6.45, 7) is 12.7. The van der Waals surface area contributed by atoms with Crippen molar-refractivity contribution in [3.05, 3.63) is 88.0 Å². The predicted octanol–water partition coefficient (Wildman–Crippen LogP) is 6.72. The van der Waals surface area contributed by atoms with Crippen LogP contribution < -0.4 is 0 Å². The summed E-state index contributed by atoms with van der Waals surface area (Å²) >= 11 is 0. The zero-order valence-corrected chi connectivity index (χ0v) is 18.5. The van der Waals surface area contributed by atoms with E-state index in [2.05, 4.69) is 96.1 Å². The van der Waals surface area contributed by atoms with Gasteiger partial charge in [0, 0.05) is 16.7 Å². The normalized spacial score (nSPS) is 11.0. The Bertz CT molecular complexity index is 1140. The molecule has 0 N–H and O–H groups in total. The van der Waals surface area contributed by atoms with Crippen molar-refractivity contribution in [2.45, 2.75) is 41.5 Å². The number of nitrogens with zero attached hydrogens (tertiary/aromatic N) is 3. The molecular formula is C27H27N3. The van der Waals surface area contributed by atoms with Gasteiger partial charge in [-0.3, -0.25) is 0 Å². The number of benzene rings is 3. The van der Waals surface area contributed by atoms with Crippen molar-refractivity contribution in [2.75, 3.05) is 0 Å². The number of aromatic nitrogens is 3. The number of aryl methyl sites for hydroxylation is 6. The molecule has 3 nitrogen and oxygen atoms in total. The molecule has 0 aliphatic rings. The molecule has 0 bridgehead atoms. The van der Waals surface area contributed by atoms with Crippen LogP contribution in [0.5, 0.6) is 0 Å². The lowest BCUT2D eigenvalue weighted by Crippen LogP contribution is -2.01. The monoisotopic (exact) mass is 393 g/mol. The molecule has 150 valence electrons. The van der Waals surface area contributed by atoms with Crippen LogP contribution in [0.2, 0.25) is 0 Å². The topological polar surface area (TPSA) is 38.7 Å². The Morgan fingerprint density at radius 2 is 0.800 bits per heavy atom. The molecule has 4 aromatic rings. The SMILES string of the molecule is Cc1cc(C)cc(-c2nc(-c3cc(C)cc(C)c3)nc(-c3ccc(C)c(C)c3)n2)c1. The number of rotatable bonds is 3. The van der Waals surface area contributed by atoms with Crippen LogP contribution >= 0.6 is 0 Å². The zero-order valence-electron chi connectivity index (χ0n) is 18.5. The summed E-state index contributed by atoms with van der Waals surface area (Å²) in [4.78, 5) is 14.6. The molecule has 0 unspecified atom stereocenters. The summed E-state index contributed by atoms with van der Waals surface area (Å²) in [5.41, 5.74) is 10.3. The number of hydrogen-bond acceptors (Lipinski definition) is 3. The molecule has 0 saturated heterocycles. The third kappa shape index (κ3) is 4.16. The van der Waals surface area contributed by atoms with E-state index in [0.29, 0.717) is 17.5 Å². The highest BCUT2D eigenvalue weighted by molar-refractivity contribution is 5.68. The molecule has 0 saturated carbocycles. The van der Waals surface area contributed by atoms with Gasteiger partial charge in [-0.05, 0) is 83.0 Å². The second-order valence-electron chi connectivity index (χ2n) is 8.36. The molecule has 0 radical (unpaired) electrons. The maximum absolute atomic E-state index is 4.88. The highest BCUT2D eigenvalue weighted by Crippen LogP contribution is 2.27. The first-order chi connectivity index (χ1) is 14.3. The summed E-state index contributed by atoms with van der Waals surface area (Å²) in [5.74, 6) is 2.12. The molecular weight excluding hydrogens is 366 g/mol. The van der Waals surface area contributed by atoms with Gasteiger partial charge in [-0.2, -0.15) is 0 Å². The lowest BCUT2D eigenvalue weighted by atomic mass is 10.0. The zero-order chi connectivity index (χ0) is 21.4. The van der Waals surface area contributed by atoms with Crippen LogP contribution in [0.3, 0.4) is 0 Å². The van der Waals surface area contributed by atoms with Crippen LogP contribution in [0.25, 0.3) is 34.2 Å². The minimum Gasteiger partial charge on any atom is -0.208 e. The molecule has 1 aromatic heterocycles. The number of hydrogen-bond donors (Lipinski definition) is 0. The Kier molecular flexibility index (Phi) is 5.21. The molecule has 0 aliphatic heterocycles. The summed E-state index contributed by atoms with van der Waals surface area (Å²) in [7, 11) is 0. The van der Waals surface area contributed by atoms with E-state index in [1.54, 1.807) is 0 Å². The van der Waals surface area contributed by atoms with E-state index < -0.39 is 0 Å². The van der Waals surface area contributed by atoms with E-state index in [0.717, 1.165) is 16.7 Å². The summed E-state index contributed by atoms with van der Waals surface area (Å²) in [5, 5.41) is 0. The molecule has 0 fully saturated rings. The van der Waals surface area contributed by atoms with Gasteiger partial charge in [0.15, 0.2) is 17.5 Å². The minimum atomic E-state index is 0.705.